The van der Waals surface area contributed by atoms with Crippen molar-refractivity contribution >= 4 is 32.4 Å². The van der Waals surface area contributed by atoms with Crippen molar-refractivity contribution in [3.63, 3.8) is 0 Å². The fourth-order valence-electron chi connectivity index (χ4n) is 1.10. The quantitative estimate of drug-likeness (QED) is 0.922. The van der Waals surface area contributed by atoms with E-state index in [0.717, 1.165) is 0 Å². The maximum Gasteiger partial charge on any atom is 0.205 e. The molecule has 0 bridgehead atoms. The molecule has 0 radical (unpaired) electrons. The first kappa shape index (κ1) is 10.5. The minimum absolute atomic E-state index is 0.309. The molecule has 1 heterocycles. The van der Waals surface area contributed by atoms with Gasteiger partial charge in [0.1, 0.15) is 5.82 Å². The van der Waals surface area contributed by atoms with Crippen molar-refractivity contribution in [1.29, 1.82) is 0 Å². The Hall–Kier alpha value is -1.01. The average Bonchev–Trinajstić information content (AvgIpc) is 2.70. The average molecular weight is 288 g/mol. The molecule has 0 aliphatic heterocycles. The summed E-state index contributed by atoms with van der Waals surface area (Å²) in [6.45, 7) is 0. The van der Waals surface area contributed by atoms with Gasteiger partial charge in [-0.25, -0.2) is 4.39 Å². The van der Waals surface area contributed by atoms with Gasteiger partial charge in [0.2, 0.25) is 5.13 Å². The molecule has 2 aromatic rings. The third kappa shape index (κ3) is 2.00. The number of hydrogen-bond acceptors (Lipinski definition) is 4. The van der Waals surface area contributed by atoms with E-state index in [-0.39, 0.29) is 5.82 Å². The predicted octanol–water partition coefficient (Wildman–Crippen LogP) is 3.15. The summed E-state index contributed by atoms with van der Waals surface area (Å²) in [7, 11) is 1.75. The van der Waals surface area contributed by atoms with Crippen molar-refractivity contribution in [2.24, 2.45) is 0 Å². The van der Waals surface area contributed by atoms with Gasteiger partial charge >= 0.3 is 0 Å². The SMILES string of the molecule is CNc1nnc(-c2cccc(Br)c2F)s1. The number of nitrogens with one attached hydrogen (secondary N) is 1. The van der Waals surface area contributed by atoms with Crippen LogP contribution in [0.2, 0.25) is 0 Å². The maximum atomic E-state index is 13.7. The van der Waals surface area contributed by atoms with Gasteiger partial charge in [-0.15, -0.1) is 10.2 Å². The summed E-state index contributed by atoms with van der Waals surface area (Å²) in [5.41, 5.74) is 0.461. The Kier molecular flexibility index (Phi) is 2.97. The van der Waals surface area contributed by atoms with Crippen molar-refractivity contribution in [3.8, 4) is 10.6 Å². The van der Waals surface area contributed by atoms with Gasteiger partial charge in [0, 0.05) is 12.6 Å². The molecule has 1 aromatic heterocycles. The van der Waals surface area contributed by atoms with E-state index in [4.69, 9.17) is 0 Å². The molecule has 0 amide bonds. The zero-order chi connectivity index (χ0) is 10.8. The van der Waals surface area contributed by atoms with Gasteiger partial charge < -0.3 is 5.32 Å². The highest BCUT2D eigenvalue weighted by atomic mass is 79.9. The second-order valence-corrected chi connectivity index (χ2v) is 4.60. The third-order valence-electron chi connectivity index (χ3n) is 1.82. The molecule has 0 spiro atoms. The number of nitrogens with zero attached hydrogens (tertiary/aromatic N) is 2. The molecular weight excluding hydrogens is 281 g/mol. The molecule has 0 unspecified atom stereocenters. The zero-order valence-corrected chi connectivity index (χ0v) is 10.2. The molecule has 0 aliphatic carbocycles. The normalized spacial score (nSPS) is 10.3. The molecular formula is C9H7BrFN3S. The second-order valence-electron chi connectivity index (χ2n) is 2.76. The van der Waals surface area contributed by atoms with Gasteiger partial charge in [-0.05, 0) is 28.1 Å². The molecule has 1 aromatic carbocycles. The zero-order valence-electron chi connectivity index (χ0n) is 7.79. The van der Waals surface area contributed by atoms with Crippen molar-refractivity contribution in [1.82, 2.24) is 10.2 Å². The summed E-state index contributed by atoms with van der Waals surface area (Å²) >= 11 is 4.45. The first-order valence-electron chi connectivity index (χ1n) is 4.18. The van der Waals surface area contributed by atoms with Crippen molar-refractivity contribution < 1.29 is 4.39 Å². The van der Waals surface area contributed by atoms with E-state index in [1.54, 1.807) is 25.2 Å². The Labute approximate surface area is 98.5 Å². The lowest BCUT2D eigenvalue weighted by molar-refractivity contribution is 0.624. The summed E-state index contributed by atoms with van der Waals surface area (Å²) in [5, 5.41) is 11.9. The Morgan fingerprint density at radius 3 is 2.87 bits per heavy atom. The van der Waals surface area contributed by atoms with E-state index in [1.165, 1.54) is 11.3 Å². The number of halogens is 2. The number of aromatic nitrogens is 2. The number of rotatable bonds is 2. The topological polar surface area (TPSA) is 37.8 Å². The number of benzene rings is 1. The van der Waals surface area contributed by atoms with Crippen LogP contribution in [-0.4, -0.2) is 17.2 Å². The van der Waals surface area contributed by atoms with Gasteiger partial charge in [0.05, 0.1) is 4.47 Å². The number of anilines is 1. The molecule has 15 heavy (non-hydrogen) atoms. The molecule has 2 rings (SSSR count). The number of hydrogen-bond donors (Lipinski definition) is 1. The Morgan fingerprint density at radius 1 is 1.40 bits per heavy atom. The van der Waals surface area contributed by atoms with Gasteiger partial charge in [-0.3, -0.25) is 0 Å². The highest BCUT2D eigenvalue weighted by Crippen LogP contribution is 2.31. The fourth-order valence-corrected chi connectivity index (χ4v) is 2.18. The van der Waals surface area contributed by atoms with Crippen LogP contribution >= 0.6 is 27.3 Å². The van der Waals surface area contributed by atoms with Gasteiger partial charge in [0.25, 0.3) is 0 Å². The van der Waals surface area contributed by atoms with E-state index in [9.17, 15) is 4.39 Å². The summed E-state index contributed by atoms with van der Waals surface area (Å²) < 4.78 is 14.1. The minimum Gasteiger partial charge on any atom is -0.363 e. The first-order chi connectivity index (χ1) is 7.22. The summed E-state index contributed by atoms with van der Waals surface area (Å²) in [4.78, 5) is 0. The molecule has 0 atom stereocenters. The fraction of sp³-hybridized carbons (Fsp3) is 0.111. The van der Waals surface area contributed by atoms with Crippen LogP contribution in [0.1, 0.15) is 0 Å². The van der Waals surface area contributed by atoms with E-state index in [2.05, 4.69) is 31.4 Å². The smallest absolute Gasteiger partial charge is 0.205 e. The van der Waals surface area contributed by atoms with Gasteiger partial charge in [-0.1, -0.05) is 17.4 Å². The van der Waals surface area contributed by atoms with Crippen LogP contribution in [-0.2, 0) is 0 Å². The molecule has 0 fully saturated rings. The lowest BCUT2D eigenvalue weighted by atomic mass is 10.2. The molecule has 6 heteroatoms. The van der Waals surface area contributed by atoms with Crippen molar-refractivity contribution in [3.05, 3.63) is 28.5 Å². The molecule has 1 N–H and O–H groups in total. The highest BCUT2D eigenvalue weighted by Gasteiger charge is 2.12. The van der Waals surface area contributed by atoms with Crippen LogP contribution in [0.5, 0.6) is 0 Å². The van der Waals surface area contributed by atoms with Crippen LogP contribution in [0.4, 0.5) is 9.52 Å². The highest BCUT2D eigenvalue weighted by molar-refractivity contribution is 9.10. The first-order valence-corrected chi connectivity index (χ1v) is 5.79. The van der Waals surface area contributed by atoms with Crippen LogP contribution < -0.4 is 5.32 Å². The Bertz CT molecular complexity index is 486. The lowest BCUT2D eigenvalue weighted by Crippen LogP contribution is -1.85. The Morgan fingerprint density at radius 2 is 2.20 bits per heavy atom. The van der Waals surface area contributed by atoms with Crippen LogP contribution in [0.15, 0.2) is 22.7 Å². The summed E-state index contributed by atoms with van der Waals surface area (Å²) in [6, 6.07) is 5.10. The van der Waals surface area contributed by atoms with Gasteiger partial charge in [-0.2, -0.15) is 0 Å². The van der Waals surface area contributed by atoms with Crippen molar-refractivity contribution in [2.45, 2.75) is 0 Å². The molecule has 0 saturated carbocycles. The van der Waals surface area contributed by atoms with E-state index in [0.29, 0.717) is 20.2 Å². The van der Waals surface area contributed by atoms with E-state index in [1.807, 2.05) is 0 Å². The second kappa shape index (κ2) is 4.24. The third-order valence-corrected chi connectivity index (χ3v) is 3.41. The maximum absolute atomic E-state index is 13.7. The lowest BCUT2D eigenvalue weighted by Gasteiger charge is -1.99. The molecule has 0 saturated heterocycles. The molecule has 78 valence electrons. The molecule has 3 nitrogen and oxygen atoms in total. The molecule has 0 aliphatic rings. The minimum atomic E-state index is -0.309. The largest absolute Gasteiger partial charge is 0.363 e. The van der Waals surface area contributed by atoms with Crippen molar-refractivity contribution in [2.75, 3.05) is 12.4 Å². The predicted molar refractivity (Wildman–Crippen MR) is 62.5 cm³/mol. The van der Waals surface area contributed by atoms with Crippen LogP contribution in [0, 0.1) is 5.82 Å². The van der Waals surface area contributed by atoms with Crippen LogP contribution in [0.3, 0.4) is 0 Å². The standard InChI is InChI=1S/C9H7BrFN3S/c1-12-9-14-13-8(15-9)5-3-2-4-6(10)7(5)11/h2-4H,1H3,(H,12,14). The van der Waals surface area contributed by atoms with Crippen LogP contribution in [0.25, 0.3) is 10.6 Å². The van der Waals surface area contributed by atoms with E-state index < -0.39 is 0 Å². The Balaban J connectivity index is 2.49. The van der Waals surface area contributed by atoms with Gasteiger partial charge in [0.15, 0.2) is 5.01 Å². The monoisotopic (exact) mass is 287 g/mol. The summed E-state index contributed by atoms with van der Waals surface area (Å²) in [5.74, 6) is -0.309. The van der Waals surface area contributed by atoms with E-state index >= 15 is 0 Å². The summed E-state index contributed by atoms with van der Waals surface area (Å²) in [6.07, 6.45) is 0.